The van der Waals surface area contributed by atoms with E-state index in [2.05, 4.69) is 10.2 Å². The first-order valence-electron chi connectivity index (χ1n) is 5.77. The van der Waals surface area contributed by atoms with Crippen LogP contribution in [0.3, 0.4) is 0 Å². The summed E-state index contributed by atoms with van der Waals surface area (Å²) in [4.78, 5) is 10.7. The SMILES string of the molecule is CCCn1cnnc1-c1c(C)cccc1[N+](=O)[O-]. The molecule has 0 amide bonds. The number of nitro benzene ring substituents is 1. The van der Waals surface area contributed by atoms with Crippen LogP contribution in [-0.2, 0) is 6.54 Å². The van der Waals surface area contributed by atoms with Gasteiger partial charge in [0.2, 0.25) is 0 Å². The number of benzene rings is 1. The van der Waals surface area contributed by atoms with Gasteiger partial charge in [0.25, 0.3) is 5.69 Å². The molecule has 0 N–H and O–H groups in total. The number of aryl methyl sites for hydroxylation is 2. The van der Waals surface area contributed by atoms with E-state index in [1.807, 2.05) is 24.5 Å². The number of nitro groups is 1. The van der Waals surface area contributed by atoms with Gasteiger partial charge in [-0.1, -0.05) is 19.1 Å². The van der Waals surface area contributed by atoms with E-state index < -0.39 is 0 Å². The van der Waals surface area contributed by atoms with Crippen LogP contribution in [0.25, 0.3) is 11.4 Å². The molecule has 0 saturated carbocycles. The zero-order valence-electron chi connectivity index (χ0n) is 10.3. The standard InChI is InChI=1S/C12H14N4O2/c1-3-7-15-8-13-14-12(15)11-9(2)5-4-6-10(11)16(17)18/h4-6,8H,3,7H2,1-2H3. The summed E-state index contributed by atoms with van der Waals surface area (Å²) in [5.41, 5.74) is 1.45. The fraction of sp³-hybridized carbons (Fsp3) is 0.333. The molecule has 6 heteroatoms. The lowest BCUT2D eigenvalue weighted by molar-refractivity contribution is -0.384. The Bertz CT molecular complexity index is 577. The molecule has 1 aromatic carbocycles. The lowest BCUT2D eigenvalue weighted by atomic mass is 10.1. The molecule has 1 aromatic heterocycles. The zero-order chi connectivity index (χ0) is 13.1. The molecule has 0 spiro atoms. The molecule has 2 rings (SSSR count). The molecule has 0 aliphatic rings. The van der Waals surface area contributed by atoms with Gasteiger partial charge in [-0.15, -0.1) is 10.2 Å². The third-order valence-electron chi connectivity index (χ3n) is 2.75. The predicted octanol–water partition coefficient (Wildman–Crippen LogP) is 2.57. The van der Waals surface area contributed by atoms with Crippen LogP contribution in [0, 0.1) is 17.0 Å². The number of aromatic nitrogens is 3. The highest BCUT2D eigenvalue weighted by Gasteiger charge is 2.21. The van der Waals surface area contributed by atoms with Crippen LogP contribution in [0.15, 0.2) is 24.5 Å². The Hall–Kier alpha value is -2.24. The number of hydrogen-bond acceptors (Lipinski definition) is 4. The van der Waals surface area contributed by atoms with Crippen molar-refractivity contribution < 1.29 is 4.92 Å². The fourth-order valence-corrected chi connectivity index (χ4v) is 1.95. The molecule has 0 bridgehead atoms. The van der Waals surface area contributed by atoms with E-state index in [-0.39, 0.29) is 10.6 Å². The topological polar surface area (TPSA) is 73.8 Å². The van der Waals surface area contributed by atoms with E-state index in [9.17, 15) is 10.1 Å². The summed E-state index contributed by atoms with van der Waals surface area (Å²) in [5.74, 6) is 0.557. The van der Waals surface area contributed by atoms with Crippen molar-refractivity contribution in [2.75, 3.05) is 0 Å². The van der Waals surface area contributed by atoms with Crippen LogP contribution < -0.4 is 0 Å². The highest BCUT2D eigenvalue weighted by Crippen LogP contribution is 2.31. The normalized spacial score (nSPS) is 10.6. The molecule has 0 saturated heterocycles. The number of rotatable bonds is 4. The van der Waals surface area contributed by atoms with Gasteiger partial charge in [0, 0.05) is 12.6 Å². The summed E-state index contributed by atoms with van der Waals surface area (Å²) in [6, 6.07) is 5.01. The molecule has 2 aromatic rings. The summed E-state index contributed by atoms with van der Waals surface area (Å²) < 4.78 is 1.84. The van der Waals surface area contributed by atoms with Crippen molar-refractivity contribution in [3.05, 3.63) is 40.2 Å². The molecular formula is C12H14N4O2. The number of nitrogens with zero attached hydrogens (tertiary/aromatic N) is 4. The van der Waals surface area contributed by atoms with Crippen molar-refractivity contribution in [3.63, 3.8) is 0 Å². The zero-order valence-corrected chi connectivity index (χ0v) is 10.3. The van der Waals surface area contributed by atoms with Gasteiger partial charge in [-0.3, -0.25) is 10.1 Å². The maximum atomic E-state index is 11.1. The monoisotopic (exact) mass is 246 g/mol. The minimum absolute atomic E-state index is 0.0698. The Labute approximate surface area is 104 Å². The van der Waals surface area contributed by atoms with E-state index in [0.717, 1.165) is 18.5 Å². The van der Waals surface area contributed by atoms with E-state index in [0.29, 0.717) is 11.4 Å². The van der Waals surface area contributed by atoms with E-state index in [1.165, 1.54) is 6.07 Å². The molecule has 6 nitrogen and oxygen atoms in total. The Morgan fingerprint density at radius 2 is 2.22 bits per heavy atom. The average Bonchev–Trinajstić information content (AvgIpc) is 2.77. The van der Waals surface area contributed by atoms with Crippen LogP contribution in [0.4, 0.5) is 5.69 Å². The van der Waals surface area contributed by atoms with Gasteiger partial charge in [0.15, 0.2) is 5.82 Å². The minimum atomic E-state index is -0.382. The minimum Gasteiger partial charge on any atom is -0.313 e. The summed E-state index contributed by atoms with van der Waals surface area (Å²) >= 11 is 0. The molecule has 94 valence electrons. The molecule has 0 unspecified atom stereocenters. The first kappa shape index (κ1) is 12.2. The van der Waals surface area contributed by atoms with Gasteiger partial charge in [-0.2, -0.15) is 0 Å². The van der Waals surface area contributed by atoms with Gasteiger partial charge in [-0.25, -0.2) is 0 Å². The smallest absolute Gasteiger partial charge is 0.280 e. The molecular weight excluding hydrogens is 232 g/mol. The third kappa shape index (κ3) is 2.09. The summed E-state index contributed by atoms with van der Waals surface area (Å²) in [7, 11) is 0. The van der Waals surface area contributed by atoms with E-state index in [1.54, 1.807) is 12.4 Å². The van der Waals surface area contributed by atoms with Crippen molar-refractivity contribution in [2.45, 2.75) is 26.8 Å². The van der Waals surface area contributed by atoms with Gasteiger partial charge in [0.05, 0.1) is 10.5 Å². The maximum Gasteiger partial charge on any atom is 0.280 e. The van der Waals surface area contributed by atoms with Crippen LogP contribution in [0.5, 0.6) is 0 Å². The molecule has 0 aliphatic carbocycles. The molecule has 1 heterocycles. The van der Waals surface area contributed by atoms with Crippen LogP contribution in [0.2, 0.25) is 0 Å². The second kappa shape index (κ2) is 4.95. The van der Waals surface area contributed by atoms with Crippen molar-refractivity contribution in [1.82, 2.24) is 14.8 Å². The molecule has 18 heavy (non-hydrogen) atoms. The largest absolute Gasteiger partial charge is 0.313 e. The molecule has 0 atom stereocenters. The van der Waals surface area contributed by atoms with E-state index in [4.69, 9.17) is 0 Å². The summed E-state index contributed by atoms with van der Waals surface area (Å²) in [6.07, 6.45) is 2.53. The Balaban J connectivity index is 2.62. The summed E-state index contributed by atoms with van der Waals surface area (Å²) in [5, 5.41) is 19.0. The van der Waals surface area contributed by atoms with Gasteiger partial charge in [-0.05, 0) is 18.9 Å². The van der Waals surface area contributed by atoms with Crippen LogP contribution in [0.1, 0.15) is 18.9 Å². The van der Waals surface area contributed by atoms with Crippen LogP contribution >= 0.6 is 0 Å². The molecule has 0 aliphatic heterocycles. The van der Waals surface area contributed by atoms with Gasteiger partial charge in [0.1, 0.15) is 6.33 Å². The van der Waals surface area contributed by atoms with Crippen molar-refractivity contribution in [3.8, 4) is 11.4 Å². The van der Waals surface area contributed by atoms with Gasteiger partial charge >= 0.3 is 0 Å². The average molecular weight is 246 g/mol. The van der Waals surface area contributed by atoms with Crippen molar-refractivity contribution in [1.29, 1.82) is 0 Å². The lowest BCUT2D eigenvalue weighted by Crippen LogP contribution is -2.02. The van der Waals surface area contributed by atoms with Crippen molar-refractivity contribution in [2.24, 2.45) is 0 Å². The first-order valence-corrected chi connectivity index (χ1v) is 5.77. The van der Waals surface area contributed by atoms with Crippen molar-refractivity contribution >= 4 is 5.69 Å². The lowest BCUT2D eigenvalue weighted by Gasteiger charge is -2.08. The second-order valence-electron chi connectivity index (χ2n) is 4.07. The third-order valence-corrected chi connectivity index (χ3v) is 2.75. The molecule has 0 fully saturated rings. The Morgan fingerprint density at radius 1 is 1.44 bits per heavy atom. The maximum absolute atomic E-state index is 11.1. The molecule has 0 radical (unpaired) electrons. The van der Waals surface area contributed by atoms with Gasteiger partial charge < -0.3 is 4.57 Å². The highest BCUT2D eigenvalue weighted by atomic mass is 16.6. The second-order valence-corrected chi connectivity index (χ2v) is 4.07. The highest BCUT2D eigenvalue weighted by molar-refractivity contribution is 5.71. The van der Waals surface area contributed by atoms with Crippen LogP contribution in [-0.4, -0.2) is 19.7 Å². The van der Waals surface area contributed by atoms with E-state index >= 15 is 0 Å². The summed E-state index contributed by atoms with van der Waals surface area (Å²) in [6.45, 7) is 4.62. The Kier molecular flexibility index (Phi) is 3.36. The number of hydrogen-bond donors (Lipinski definition) is 0. The fourth-order valence-electron chi connectivity index (χ4n) is 1.95. The predicted molar refractivity (Wildman–Crippen MR) is 67.1 cm³/mol. The first-order chi connectivity index (χ1) is 8.65. The quantitative estimate of drug-likeness (QED) is 0.613. The Morgan fingerprint density at radius 3 is 2.89 bits per heavy atom.